The Labute approximate surface area is 177 Å². The molecule has 0 N–H and O–H groups in total. The highest BCUT2D eigenvalue weighted by Crippen LogP contribution is 2.22. The zero-order valence-electron chi connectivity index (χ0n) is 18.2. The van der Waals surface area contributed by atoms with Crippen LogP contribution in [0.3, 0.4) is 0 Å². The zero-order valence-corrected chi connectivity index (χ0v) is 18.2. The minimum Gasteiger partial charge on any atom is -0.457 e. The van der Waals surface area contributed by atoms with Gasteiger partial charge in [0.15, 0.2) is 11.6 Å². The van der Waals surface area contributed by atoms with Crippen molar-refractivity contribution in [1.29, 1.82) is 0 Å². The molecular formula is C24H29NO5. The Bertz CT molecular complexity index is 820. The van der Waals surface area contributed by atoms with Crippen LogP contribution in [0.15, 0.2) is 48.5 Å². The van der Waals surface area contributed by atoms with Gasteiger partial charge in [0.25, 0.3) is 0 Å². The second-order valence-electron chi connectivity index (χ2n) is 8.08. The third-order valence-electron chi connectivity index (χ3n) is 4.27. The van der Waals surface area contributed by atoms with E-state index in [1.807, 2.05) is 20.8 Å². The smallest absolute Gasteiger partial charge is 0.410 e. The quantitative estimate of drug-likeness (QED) is 0.620. The average molecular weight is 411 g/mol. The molecule has 3 rings (SSSR count). The fraction of sp³-hybridized carbons (Fsp3) is 0.375. The number of ether oxygens (including phenoxy) is 2. The van der Waals surface area contributed by atoms with E-state index in [2.05, 4.69) is 0 Å². The van der Waals surface area contributed by atoms with Gasteiger partial charge in [0.2, 0.25) is 0 Å². The number of rotatable bonds is 4. The molecule has 0 saturated carbocycles. The molecule has 1 fully saturated rings. The maximum absolute atomic E-state index is 11.1. The van der Waals surface area contributed by atoms with Gasteiger partial charge in [0, 0.05) is 24.2 Å². The fourth-order valence-corrected chi connectivity index (χ4v) is 2.48. The molecule has 2 aromatic rings. The van der Waals surface area contributed by atoms with Crippen molar-refractivity contribution in [2.45, 2.75) is 46.6 Å². The summed E-state index contributed by atoms with van der Waals surface area (Å²) in [5, 5.41) is 0. The Kier molecular flexibility index (Phi) is 7.75. The van der Waals surface area contributed by atoms with E-state index in [0.29, 0.717) is 22.6 Å². The number of Topliss-reactive ketones (excluding diaryl/α,β-unsaturated/α-hetero) is 2. The van der Waals surface area contributed by atoms with Crippen molar-refractivity contribution >= 4 is 17.7 Å². The van der Waals surface area contributed by atoms with Gasteiger partial charge in [-0.1, -0.05) is 0 Å². The van der Waals surface area contributed by atoms with E-state index in [0.717, 1.165) is 19.5 Å². The Hall–Kier alpha value is -3.15. The molecule has 0 aromatic heterocycles. The molecule has 1 heterocycles. The second kappa shape index (κ2) is 10.1. The van der Waals surface area contributed by atoms with Crippen molar-refractivity contribution in [3.63, 3.8) is 0 Å². The summed E-state index contributed by atoms with van der Waals surface area (Å²) in [7, 11) is 0. The van der Waals surface area contributed by atoms with Crippen molar-refractivity contribution in [1.82, 2.24) is 4.90 Å². The molecule has 0 unspecified atom stereocenters. The molecule has 6 nitrogen and oxygen atoms in total. The number of ketones is 2. The molecule has 1 aliphatic rings. The first-order valence-electron chi connectivity index (χ1n) is 9.93. The first kappa shape index (κ1) is 23.1. The molecule has 0 spiro atoms. The van der Waals surface area contributed by atoms with Crippen molar-refractivity contribution in [2.75, 3.05) is 13.1 Å². The number of carbonyl (C=O) groups excluding carboxylic acids is 3. The molecular weight excluding hydrogens is 382 g/mol. The minimum absolute atomic E-state index is 0.0253. The van der Waals surface area contributed by atoms with E-state index in [1.54, 1.807) is 53.4 Å². The second-order valence-corrected chi connectivity index (χ2v) is 8.08. The third kappa shape index (κ3) is 7.35. The Balaban J connectivity index is 0.000000248. The Morgan fingerprint density at radius 2 is 1.17 bits per heavy atom. The zero-order chi connectivity index (χ0) is 22.3. The van der Waals surface area contributed by atoms with Crippen LogP contribution in [0, 0.1) is 0 Å². The van der Waals surface area contributed by atoms with Crippen LogP contribution in [0.1, 0.15) is 61.8 Å². The lowest BCUT2D eigenvalue weighted by Crippen LogP contribution is -2.44. The van der Waals surface area contributed by atoms with Crippen LogP contribution in [0.4, 0.5) is 4.79 Å². The van der Waals surface area contributed by atoms with E-state index >= 15 is 0 Å². The van der Waals surface area contributed by atoms with Gasteiger partial charge in [-0.05, 0) is 89.6 Å². The standard InChI is InChI=1S/C16H14O3.C8H15NO2/c1-11(17)13-3-7-15(8-4-13)19-16-9-5-14(6-10-16)12(2)18;1-8(2,3)11-7(10)9-5-4-6-9/h3-10H,1-2H3;4-6H2,1-3H3. The lowest BCUT2D eigenvalue weighted by molar-refractivity contribution is 0.0130. The third-order valence-corrected chi connectivity index (χ3v) is 4.27. The molecule has 1 amide bonds. The lowest BCUT2D eigenvalue weighted by Gasteiger charge is -2.32. The largest absolute Gasteiger partial charge is 0.457 e. The fourth-order valence-electron chi connectivity index (χ4n) is 2.48. The highest BCUT2D eigenvalue weighted by molar-refractivity contribution is 5.94. The molecule has 6 heteroatoms. The first-order chi connectivity index (χ1) is 14.0. The molecule has 0 aliphatic carbocycles. The van der Waals surface area contributed by atoms with Crippen molar-refractivity contribution < 1.29 is 23.9 Å². The predicted molar refractivity (Wildman–Crippen MR) is 115 cm³/mol. The summed E-state index contributed by atoms with van der Waals surface area (Å²) in [4.78, 5) is 35.1. The van der Waals surface area contributed by atoms with Crippen molar-refractivity contribution in [3.8, 4) is 11.5 Å². The van der Waals surface area contributed by atoms with Gasteiger partial charge in [-0.2, -0.15) is 0 Å². The molecule has 0 atom stereocenters. The van der Waals surface area contributed by atoms with Crippen LogP contribution in [0.5, 0.6) is 11.5 Å². The lowest BCUT2D eigenvalue weighted by atomic mass is 10.1. The van der Waals surface area contributed by atoms with Crippen LogP contribution >= 0.6 is 0 Å². The molecule has 0 bridgehead atoms. The van der Waals surface area contributed by atoms with Crippen molar-refractivity contribution in [3.05, 3.63) is 59.7 Å². The van der Waals surface area contributed by atoms with E-state index in [-0.39, 0.29) is 23.3 Å². The topological polar surface area (TPSA) is 72.9 Å². The summed E-state index contributed by atoms with van der Waals surface area (Å²) in [6, 6.07) is 13.9. The monoisotopic (exact) mass is 411 g/mol. The maximum Gasteiger partial charge on any atom is 0.410 e. The summed E-state index contributed by atoms with van der Waals surface area (Å²) >= 11 is 0. The van der Waals surface area contributed by atoms with E-state index in [4.69, 9.17) is 9.47 Å². The van der Waals surface area contributed by atoms with Crippen LogP contribution in [-0.2, 0) is 4.74 Å². The average Bonchev–Trinajstić information content (AvgIpc) is 2.60. The van der Waals surface area contributed by atoms with Gasteiger partial charge in [0.05, 0.1) is 0 Å². The van der Waals surface area contributed by atoms with E-state index in [9.17, 15) is 14.4 Å². The highest BCUT2D eigenvalue weighted by atomic mass is 16.6. The minimum atomic E-state index is -0.354. The number of likely N-dealkylation sites (tertiary alicyclic amines) is 1. The van der Waals surface area contributed by atoms with Crippen molar-refractivity contribution in [2.24, 2.45) is 0 Å². The molecule has 160 valence electrons. The van der Waals surface area contributed by atoms with Gasteiger partial charge in [-0.3, -0.25) is 9.59 Å². The van der Waals surface area contributed by atoms with Gasteiger partial charge in [0.1, 0.15) is 17.1 Å². The van der Waals surface area contributed by atoms with E-state index < -0.39 is 0 Å². The number of hydrogen-bond donors (Lipinski definition) is 0. The number of hydrogen-bond acceptors (Lipinski definition) is 5. The summed E-state index contributed by atoms with van der Waals surface area (Å²) in [6.45, 7) is 10.4. The molecule has 0 radical (unpaired) electrons. The van der Waals surface area contributed by atoms with Crippen LogP contribution in [-0.4, -0.2) is 41.3 Å². The van der Waals surface area contributed by atoms with Crippen LogP contribution in [0.2, 0.25) is 0 Å². The summed E-state index contributed by atoms with van der Waals surface area (Å²) < 4.78 is 10.8. The number of carbonyl (C=O) groups is 3. The molecule has 30 heavy (non-hydrogen) atoms. The van der Waals surface area contributed by atoms with Gasteiger partial charge < -0.3 is 14.4 Å². The summed E-state index contributed by atoms with van der Waals surface area (Å²) in [5.41, 5.74) is 0.950. The number of nitrogens with zero attached hydrogens (tertiary/aromatic N) is 1. The summed E-state index contributed by atoms with van der Waals surface area (Å²) in [5.74, 6) is 1.36. The molecule has 1 aliphatic heterocycles. The SMILES string of the molecule is CC(=O)c1ccc(Oc2ccc(C(C)=O)cc2)cc1.CC(C)(C)OC(=O)N1CCC1. The molecule has 1 saturated heterocycles. The van der Waals surface area contributed by atoms with Gasteiger partial charge >= 0.3 is 6.09 Å². The van der Waals surface area contributed by atoms with Crippen LogP contribution < -0.4 is 4.74 Å². The predicted octanol–water partition coefficient (Wildman–Crippen LogP) is 5.51. The van der Waals surface area contributed by atoms with Gasteiger partial charge in [-0.15, -0.1) is 0 Å². The highest BCUT2D eigenvalue weighted by Gasteiger charge is 2.25. The number of amides is 1. The van der Waals surface area contributed by atoms with E-state index in [1.165, 1.54) is 13.8 Å². The van der Waals surface area contributed by atoms with Crippen LogP contribution in [0.25, 0.3) is 0 Å². The van der Waals surface area contributed by atoms with Gasteiger partial charge in [-0.25, -0.2) is 4.79 Å². The first-order valence-corrected chi connectivity index (χ1v) is 9.93. The molecule has 2 aromatic carbocycles. The number of benzene rings is 2. The Morgan fingerprint density at radius 1 is 0.767 bits per heavy atom. The Morgan fingerprint density at radius 3 is 1.43 bits per heavy atom. The maximum atomic E-state index is 11.1. The normalized spacial score (nSPS) is 12.8. The summed E-state index contributed by atoms with van der Waals surface area (Å²) in [6.07, 6.45) is 0.933.